The minimum atomic E-state index is -3.80. The van der Waals surface area contributed by atoms with E-state index < -0.39 is 10.0 Å². The molecule has 0 aliphatic rings. The van der Waals surface area contributed by atoms with Crippen molar-refractivity contribution in [3.8, 4) is 0 Å². The molecule has 0 saturated heterocycles. The minimum Gasteiger partial charge on any atom is -0.326 e. The molecule has 0 bridgehead atoms. The Morgan fingerprint density at radius 2 is 1.71 bits per heavy atom. The molecule has 0 radical (unpaired) electrons. The Labute approximate surface area is 133 Å². The van der Waals surface area contributed by atoms with E-state index in [9.17, 15) is 8.42 Å². The van der Waals surface area contributed by atoms with Crippen LogP contribution in [-0.4, -0.2) is 8.42 Å². The van der Waals surface area contributed by atoms with Crippen LogP contribution >= 0.6 is 23.2 Å². The first kappa shape index (κ1) is 16.1. The van der Waals surface area contributed by atoms with Crippen LogP contribution in [0, 0.1) is 6.92 Å². The minimum absolute atomic E-state index is 0.0459. The average molecular weight is 345 g/mol. The van der Waals surface area contributed by atoms with Gasteiger partial charge in [0.05, 0.1) is 5.02 Å². The van der Waals surface area contributed by atoms with E-state index in [2.05, 4.69) is 4.72 Å². The highest BCUT2D eigenvalue weighted by Crippen LogP contribution is 2.31. The monoisotopic (exact) mass is 344 g/mol. The SMILES string of the molecule is Cc1ccc(NS(=O)(=O)c2ccc(Cl)c(CN)c2Cl)cc1. The maximum Gasteiger partial charge on any atom is 0.263 e. The fourth-order valence-corrected chi connectivity index (χ4v) is 3.79. The van der Waals surface area contributed by atoms with Crippen molar-refractivity contribution < 1.29 is 8.42 Å². The fraction of sp³-hybridized carbons (Fsp3) is 0.143. The van der Waals surface area contributed by atoms with E-state index in [0.717, 1.165) is 5.56 Å². The molecule has 0 saturated carbocycles. The van der Waals surface area contributed by atoms with Crippen LogP contribution in [0.5, 0.6) is 0 Å². The van der Waals surface area contributed by atoms with Crippen molar-refractivity contribution in [3.05, 3.63) is 57.6 Å². The van der Waals surface area contributed by atoms with Gasteiger partial charge in [-0.05, 0) is 31.2 Å². The predicted octanol–water partition coefficient (Wildman–Crippen LogP) is 3.56. The van der Waals surface area contributed by atoms with Crippen LogP contribution in [0.25, 0.3) is 0 Å². The third-order valence-corrected chi connectivity index (χ3v) is 5.27. The summed E-state index contributed by atoms with van der Waals surface area (Å²) in [7, 11) is -3.80. The van der Waals surface area contributed by atoms with Gasteiger partial charge in [-0.3, -0.25) is 4.72 Å². The lowest BCUT2D eigenvalue weighted by atomic mass is 10.2. The average Bonchev–Trinajstić information content (AvgIpc) is 2.41. The molecule has 112 valence electrons. The molecule has 2 rings (SSSR count). The van der Waals surface area contributed by atoms with Gasteiger partial charge in [0.1, 0.15) is 4.90 Å². The second-order valence-electron chi connectivity index (χ2n) is 4.51. The van der Waals surface area contributed by atoms with Crippen molar-refractivity contribution in [2.45, 2.75) is 18.4 Å². The van der Waals surface area contributed by atoms with Crippen molar-refractivity contribution >= 4 is 38.9 Å². The molecule has 2 aromatic rings. The Morgan fingerprint density at radius 1 is 1.10 bits per heavy atom. The van der Waals surface area contributed by atoms with Gasteiger partial charge < -0.3 is 5.73 Å². The lowest BCUT2D eigenvalue weighted by Crippen LogP contribution is -2.14. The number of sulfonamides is 1. The van der Waals surface area contributed by atoms with Gasteiger partial charge in [0, 0.05) is 22.8 Å². The van der Waals surface area contributed by atoms with Crippen molar-refractivity contribution in [2.24, 2.45) is 5.73 Å². The van der Waals surface area contributed by atoms with Crippen LogP contribution in [0.1, 0.15) is 11.1 Å². The lowest BCUT2D eigenvalue weighted by molar-refractivity contribution is 0.601. The molecule has 7 heteroatoms. The molecule has 0 amide bonds. The largest absolute Gasteiger partial charge is 0.326 e. The molecule has 0 aliphatic heterocycles. The summed E-state index contributed by atoms with van der Waals surface area (Å²) in [6.45, 7) is 1.98. The molecule has 4 nitrogen and oxygen atoms in total. The number of nitrogens with one attached hydrogen (secondary N) is 1. The number of hydrogen-bond acceptors (Lipinski definition) is 3. The summed E-state index contributed by atoms with van der Waals surface area (Å²) in [6.07, 6.45) is 0. The van der Waals surface area contributed by atoms with Crippen LogP contribution in [0.4, 0.5) is 5.69 Å². The van der Waals surface area contributed by atoms with Crippen molar-refractivity contribution in [1.82, 2.24) is 0 Å². The number of hydrogen-bond donors (Lipinski definition) is 2. The summed E-state index contributed by atoms with van der Waals surface area (Å²) in [5.74, 6) is 0. The molecular weight excluding hydrogens is 331 g/mol. The first-order valence-electron chi connectivity index (χ1n) is 6.11. The summed E-state index contributed by atoms with van der Waals surface area (Å²) in [5, 5.41) is 0.390. The molecular formula is C14H14Cl2N2O2S. The highest BCUT2D eigenvalue weighted by molar-refractivity contribution is 7.92. The van der Waals surface area contributed by atoms with Crippen molar-refractivity contribution in [2.75, 3.05) is 4.72 Å². The van der Waals surface area contributed by atoms with E-state index >= 15 is 0 Å². The zero-order valence-electron chi connectivity index (χ0n) is 11.2. The van der Waals surface area contributed by atoms with E-state index in [0.29, 0.717) is 16.3 Å². The zero-order chi connectivity index (χ0) is 15.6. The van der Waals surface area contributed by atoms with E-state index in [1.807, 2.05) is 19.1 Å². The van der Waals surface area contributed by atoms with Gasteiger partial charge in [0.15, 0.2) is 0 Å². The van der Waals surface area contributed by atoms with Gasteiger partial charge in [0.2, 0.25) is 0 Å². The van der Waals surface area contributed by atoms with Crippen molar-refractivity contribution in [1.29, 1.82) is 0 Å². The highest BCUT2D eigenvalue weighted by atomic mass is 35.5. The number of rotatable bonds is 4. The fourth-order valence-electron chi connectivity index (χ4n) is 1.80. The van der Waals surface area contributed by atoms with Gasteiger partial charge in [0.25, 0.3) is 10.0 Å². The van der Waals surface area contributed by atoms with Gasteiger partial charge in [-0.15, -0.1) is 0 Å². The first-order valence-corrected chi connectivity index (χ1v) is 8.35. The lowest BCUT2D eigenvalue weighted by Gasteiger charge is -2.12. The third-order valence-electron chi connectivity index (χ3n) is 2.95. The second-order valence-corrected chi connectivity index (χ2v) is 6.95. The Balaban J connectivity index is 2.42. The molecule has 0 aromatic heterocycles. The second kappa shape index (κ2) is 6.23. The number of aryl methyl sites for hydroxylation is 1. The first-order chi connectivity index (χ1) is 9.85. The Hall–Kier alpha value is -1.27. The van der Waals surface area contributed by atoms with Gasteiger partial charge in [-0.25, -0.2) is 8.42 Å². The highest BCUT2D eigenvalue weighted by Gasteiger charge is 2.21. The summed E-state index contributed by atoms with van der Waals surface area (Å²) < 4.78 is 27.3. The van der Waals surface area contributed by atoms with Gasteiger partial charge in [-0.2, -0.15) is 0 Å². The standard InChI is InChI=1S/C14H14Cl2N2O2S/c1-9-2-4-10(5-3-9)18-21(19,20)13-7-6-12(15)11(8-17)14(13)16/h2-7,18H,8,17H2,1H3. The van der Waals surface area contributed by atoms with E-state index in [-0.39, 0.29) is 16.5 Å². The molecule has 3 N–H and O–H groups in total. The summed E-state index contributed by atoms with van der Waals surface area (Å²) in [4.78, 5) is -0.0467. The molecule has 0 heterocycles. The topological polar surface area (TPSA) is 72.2 Å². The summed E-state index contributed by atoms with van der Waals surface area (Å²) in [6, 6.07) is 9.82. The summed E-state index contributed by atoms with van der Waals surface area (Å²) >= 11 is 12.1. The van der Waals surface area contributed by atoms with Crippen LogP contribution < -0.4 is 10.5 Å². The number of nitrogens with two attached hydrogens (primary N) is 1. The molecule has 2 aromatic carbocycles. The maximum absolute atomic E-state index is 12.4. The van der Waals surface area contributed by atoms with E-state index in [1.165, 1.54) is 12.1 Å². The Bertz CT molecular complexity index is 759. The van der Waals surface area contributed by atoms with Crippen molar-refractivity contribution in [3.63, 3.8) is 0 Å². The van der Waals surface area contributed by atoms with E-state index in [1.54, 1.807) is 12.1 Å². The molecule has 0 unspecified atom stereocenters. The van der Waals surface area contributed by atoms with E-state index in [4.69, 9.17) is 28.9 Å². The van der Waals surface area contributed by atoms with Crippen LogP contribution in [0.3, 0.4) is 0 Å². The smallest absolute Gasteiger partial charge is 0.263 e. The number of halogens is 2. The van der Waals surface area contributed by atoms with Gasteiger partial charge >= 0.3 is 0 Å². The molecule has 0 atom stereocenters. The number of benzene rings is 2. The molecule has 0 fully saturated rings. The Morgan fingerprint density at radius 3 is 2.29 bits per heavy atom. The summed E-state index contributed by atoms with van der Waals surface area (Å²) in [5.41, 5.74) is 7.45. The van der Waals surface area contributed by atoms with Crippen LogP contribution in [0.2, 0.25) is 10.0 Å². The normalized spacial score (nSPS) is 11.4. The number of anilines is 1. The third kappa shape index (κ3) is 3.49. The molecule has 21 heavy (non-hydrogen) atoms. The maximum atomic E-state index is 12.4. The molecule has 0 spiro atoms. The van der Waals surface area contributed by atoms with Crippen LogP contribution in [0.15, 0.2) is 41.3 Å². The van der Waals surface area contributed by atoms with Gasteiger partial charge in [-0.1, -0.05) is 40.9 Å². The Kier molecular flexibility index (Phi) is 4.78. The quantitative estimate of drug-likeness (QED) is 0.890. The zero-order valence-corrected chi connectivity index (χ0v) is 13.6. The predicted molar refractivity (Wildman–Crippen MR) is 86.3 cm³/mol. The molecule has 0 aliphatic carbocycles. The van der Waals surface area contributed by atoms with Crippen LogP contribution in [-0.2, 0) is 16.6 Å².